The zero-order chi connectivity index (χ0) is 39.8. The summed E-state index contributed by atoms with van der Waals surface area (Å²) in [5, 5.41) is 5.73. The Morgan fingerprint density at radius 1 is 0.537 bits per heavy atom. The average molecular weight is 769 g/mol. The van der Waals surface area contributed by atoms with Gasteiger partial charge in [-0.3, -0.25) is 19.2 Å². The van der Waals surface area contributed by atoms with Crippen LogP contribution in [0.4, 0.5) is 11.4 Å². The molecule has 0 atom stereocenters. The topological polar surface area (TPSA) is 165 Å². The number of anilines is 2. The van der Waals surface area contributed by atoms with E-state index < -0.39 is 30.0 Å². The van der Waals surface area contributed by atoms with Crippen molar-refractivity contribution in [3.05, 3.63) is 87.0 Å². The van der Waals surface area contributed by atoms with Crippen LogP contribution in [0, 0.1) is 41.5 Å². The van der Waals surface area contributed by atoms with E-state index in [1.807, 2.05) is 0 Å². The fourth-order valence-electron chi connectivity index (χ4n) is 6.10. The standard InChI is InChI=1S/C40H53N2O11P/c1-26-22-28(3)37(41-33(43)24-52-20-18-50-16-14-48-7)30(5)35(26)39(45)54(47,32-12-10-9-11-13-32)40(46)36-27(2)23-29(4)38(31(36)6)42-34(44)25-53-21-19-51-17-15-49-8/h9-13,22-23H,14-21,24-25H2,1-8H3,(H,41,43)(H,42,44). The Balaban J connectivity index is 1.96. The first-order valence-corrected chi connectivity index (χ1v) is 19.4. The zero-order valence-corrected chi connectivity index (χ0v) is 33.4. The summed E-state index contributed by atoms with van der Waals surface area (Å²) >= 11 is 0. The molecule has 13 nitrogen and oxygen atoms in total. The van der Waals surface area contributed by atoms with Crippen LogP contribution in [0.2, 0.25) is 0 Å². The fourth-order valence-corrected chi connectivity index (χ4v) is 8.66. The van der Waals surface area contributed by atoms with Gasteiger partial charge in [-0.05, 0) is 74.9 Å². The molecule has 0 saturated heterocycles. The van der Waals surface area contributed by atoms with Gasteiger partial charge in [0.1, 0.15) is 13.2 Å². The maximum Gasteiger partial charge on any atom is 0.250 e. The lowest BCUT2D eigenvalue weighted by Gasteiger charge is -2.24. The summed E-state index contributed by atoms with van der Waals surface area (Å²) in [7, 11) is -1.46. The van der Waals surface area contributed by atoms with Crippen LogP contribution in [0.25, 0.3) is 0 Å². The summed E-state index contributed by atoms with van der Waals surface area (Å²) in [5.41, 5.74) is 2.21. The first-order chi connectivity index (χ1) is 25.8. The van der Waals surface area contributed by atoms with Crippen LogP contribution in [-0.2, 0) is 42.6 Å². The van der Waals surface area contributed by atoms with Gasteiger partial charge in [-0.15, -0.1) is 0 Å². The molecule has 14 heteroatoms. The second-order valence-corrected chi connectivity index (χ2v) is 15.3. The van der Waals surface area contributed by atoms with Crippen LogP contribution in [-0.4, -0.2) is 103 Å². The smallest absolute Gasteiger partial charge is 0.250 e. The monoisotopic (exact) mass is 768 g/mol. The van der Waals surface area contributed by atoms with Crippen molar-refractivity contribution in [2.75, 3.05) is 90.9 Å². The highest BCUT2D eigenvalue weighted by molar-refractivity contribution is 8.01. The van der Waals surface area contributed by atoms with Gasteiger partial charge in [-0.1, -0.05) is 42.5 Å². The van der Waals surface area contributed by atoms with Gasteiger partial charge < -0.3 is 43.6 Å². The average Bonchev–Trinajstić information content (AvgIpc) is 3.14. The van der Waals surface area contributed by atoms with Crippen molar-refractivity contribution in [3.63, 3.8) is 0 Å². The molecule has 3 aromatic carbocycles. The molecule has 0 fully saturated rings. The fraction of sp³-hybridized carbons (Fsp3) is 0.450. The Morgan fingerprint density at radius 2 is 0.907 bits per heavy atom. The number of rotatable bonds is 23. The molecule has 0 aliphatic carbocycles. The molecule has 3 rings (SSSR count). The van der Waals surface area contributed by atoms with Crippen LogP contribution in [0.5, 0.6) is 0 Å². The van der Waals surface area contributed by atoms with Gasteiger partial charge in [-0.25, -0.2) is 0 Å². The number of ether oxygens (including phenoxy) is 6. The molecule has 54 heavy (non-hydrogen) atoms. The van der Waals surface area contributed by atoms with Gasteiger partial charge in [0.05, 0.1) is 52.9 Å². The predicted octanol–water partition coefficient (Wildman–Crippen LogP) is 5.44. The Labute approximate surface area is 317 Å². The molecule has 0 bridgehead atoms. The van der Waals surface area contributed by atoms with E-state index in [0.29, 0.717) is 71.2 Å². The third-order valence-corrected chi connectivity index (χ3v) is 11.3. The molecule has 0 spiro atoms. The molecule has 0 radical (unpaired) electrons. The second-order valence-electron chi connectivity index (χ2n) is 12.7. The first kappa shape index (κ1) is 44.3. The van der Waals surface area contributed by atoms with E-state index in [2.05, 4.69) is 10.6 Å². The number of methoxy groups -OCH3 is 2. The van der Waals surface area contributed by atoms with Gasteiger partial charge in [0, 0.05) is 42.0 Å². The number of benzene rings is 3. The summed E-state index contributed by atoms with van der Waals surface area (Å²) in [6.45, 7) is 12.4. The Hall–Kier alpha value is -4.07. The molecule has 0 aromatic heterocycles. The molecule has 3 aromatic rings. The molecule has 0 aliphatic rings. The summed E-state index contributed by atoms with van der Waals surface area (Å²) < 4.78 is 46.9. The van der Waals surface area contributed by atoms with Crippen molar-refractivity contribution < 1.29 is 52.2 Å². The van der Waals surface area contributed by atoms with Gasteiger partial charge in [-0.2, -0.15) is 0 Å². The molecule has 0 saturated carbocycles. The number of hydrogen-bond donors (Lipinski definition) is 2. The quantitative estimate of drug-likeness (QED) is 0.0933. The summed E-state index contributed by atoms with van der Waals surface area (Å²) in [6, 6.07) is 11.4. The normalized spacial score (nSPS) is 11.4. The molecular weight excluding hydrogens is 715 g/mol. The van der Waals surface area contributed by atoms with Crippen LogP contribution >= 0.6 is 7.14 Å². The third kappa shape index (κ3) is 11.5. The lowest BCUT2D eigenvalue weighted by molar-refractivity contribution is -0.121. The van der Waals surface area contributed by atoms with Crippen molar-refractivity contribution in [1.29, 1.82) is 0 Å². The van der Waals surface area contributed by atoms with E-state index in [1.54, 1.807) is 86.1 Å². The van der Waals surface area contributed by atoms with E-state index in [4.69, 9.17) is 28.4 Å². The molecule has 2 N–H and O–H groups in total. The number of carbonyl (C=O) groups excluding carboxylic acids is 4. The van der Waals surface area contributed by atoms with E-state index in [-0.39, 0.29) is 56.1 Å². The first-order valence-electron chi connectivity index (χ1n) is 17.6. The second kappa shape index (κ2) is 21.7. The van der Waals surface area contributed by atoms with Crippen molar-refractivity contribution in [2.24, 2.45) is 0 Å². The Bertz CT molecular complexity index is 1720. The highest BCUT2D eigenvalue weighted by Gasteiger charge is 2.45. The molecular formula is C40H53N2O11P. The molecule has 294 valence electrons. The lowest BCUT2D eigenvalue weighted by Crippen LogP contribution is -2.25. The van der Waals surface area contributed by atoms with Crippen molar-refractivity contribution in [1.82, 2.24) is 0 Å². The number of carbonyl (C=O) groups is 4. The van der Waals surface area contributed by atoms with Crippen LogP contribution in [0.15, 0.2) is 42.5 Å². The van der Waals surface area contributed by atoms with Crippen LogP contribution < -0.4 is 15.9 Å². The number of aryl methyl sites for hydroxylation is 4. The minimum absolute atomic E-state index is 0.0668. The minimum atomic E-state index is -4.61. The SMILES string of the molecule is COCCOCCOCC(=O)Nc1c(C)cc(C)c(C(=O)P(=O)(C(=O)c2c(C)cc(C)c(NC(=O)COCCOCCOC)c2C)c2ccccc2)c1C. The van der Waals surface area contributed by atoms with Crippen molar-refractivity contribution in [2.45, 2.75) is 41.5 Å². The van der Waals surface area contributed by atoms with E-state index in [9.17, 15) is 19.2 Å². The molecule has 0 aliphatic heterocycles. The van der Waals surface area contributed by atoms with Crippen molar-refractivity contribution >= 4 is 46.7 Å². The molecule has 0 heterocycles. The zero-order valence-electron chi connectivity index (χ0n) is 32.6. The maximum absolute atomic E-state index is 15.4. The van der Waals surface area contributed by atoms with Gasteiger partial charge in [0.25, 0.3) is 0 Å². The highest BCUT2D eigenvalue weighted by Crippen LogP contribution is 2.53. The van der Waals surface area contributed by atoms with Gasteiger partial charge in [0.2, 0.25) is 30.0 Å². The number of nitrogens with one attached hydrogen (secondary N) is 2. The Morgan fingerprint density at radius 3 is 1.30 bits per heavy atom. The predicted molar refractivity (Wildman–Crippen MR) is 208 cm³/mol. The van der Waals surface area contributed by atoms with Crippen molar-refractivity contribution in [3.8, 4) is 0 Å². The highest BCUT2D eigenvalue weighted by atomic mass is 31.2. The number of amides is 2. The maximum atomic E-state index is 15.4. The van der Waals surface area contributed by atoms with E-state index in [1.165, 1.54) is 12.1 Å². The molecule has 2 amide bonds. The summed E-state index contributed by atoms with van der Waals surface area (Å²) in [6.07, 6.45) is 0. The summed E-state index contributed by atoms with van der Waals surface area (Å²) in [5.74, 6) is -0.909. The minimum Gasteiger partial charge on any atom is -0.382 e. The molecule has 0 unspecified atom stereocenters. The summed E-state index contributed by atoms with van der Waals surface area (Å²) in [4.78, 5) is 55.5. The van der Waals surface area contributed by atoms with E-state index >= 15 is 4.57 Å². The van der Waals surface area contributed by atoms with Crippen LogP contribution in [0.3, 0.4) is 0 Å². The van der Waals surface area contributed by atoms with Gasteiger partial charge in [0.15, 0.2) is 0 Å². The Kier molecular flexibility index (Phi) is 17.8. The third-order valence-electron chi connectivity index (χ3n) is 8.67. The number of hydrogen-bond acceptors (Lipinski definition) is 11. The van der Waals surface area contributed by atoms with Gasteiger partial charge >= 0.3 is 0 Å². The lowest BCUT2D eigenvalue weighted by atomic mass is 9.97. The van der Waals surface area contributed by atoms with E-state index in [0.717, 1.165) is 0 Å². The largest absolute Gasteiger partial charge is 0.382 e. The van der Waals surface area contributed by atoms with Crippen LogP contribution in [0.1, 0.15) is 54.1 Å².